The Hall–Kier alpha value is -4.93. The first-order valence-corrected chi connectivity index (χ1v) is 16.1. The van der Waals surface area contributed by atoms with Crippen molar-refractivity contribution in [2.45, 2.75) is 50.6 Å². The van der Waals surface area contributed by atoms with Crippen LogP contribution in [-0.2, 0) is 31.1 Å². The molecule has 2 unspecified atom stereocenters. The number of carbonyl (C=O) groups excluding carboxylic acids is 5. The van der Waals surface area contributed by atoms with Crippen molar-refractivity contribution in [2.75, 3.05) is 25.0 Å². The van der Waals surface area contributed by atoms with Crippen LogP contribution in [0.4, 0.5) is 11.6 Å². The van der Waals surface area contributed by atoms with Gasteiger partial charge in [0.1, 0.15) is 17.3 Å². The van der Waals surface area contributed by atoms with Crippen molar-refractivity contribution < 1.29 is 24.0 Å². The summed E-state index contributed by atoms with van der Waals surface area (Å²) < 4.78 is 1.52. The third-order valence-electron chi connectivity index (χ3n) is 8.75. The average Bonchev–Trinajstić information content (AvgIpc) is 3.59. The highest BCUT2D eigenvalue weighted by atomic mass is 35.5. The Labute approximate surface area is 287 Å². The molecule has 5 rings (SSSR count). The molecule has 1 aromatic heterocycles. The zero-order valence-corrected chi connectivity index (χ0v) is 27.8. The maximum absolute atomic E-state index is 14.4. The summed E-state index contributed by atoms with van der Waals surface area (Å²) in [6.07, 6.45) is 2.48. The van der Waals surface area contributed by atoms with E-state index in [1.807, 2.05) is 0 Å². The number of likely N-dealkylation sites (tertiary alicyclic amines) is 1. The number of fused-ring (bicyclic) bond motifs is 1. The number of piperidine rings is 1. The van der Waals surface area contributed by atoms with Crippen LogP contribution in [0, 0.1) is 17.2 Å². The van der Waals surface area contributed by atoms with Gasteiger partial charge in [0, 0.05) is 43.0 Å². The monoisotopic (exact) mass is 692 g/mol. The SMILES string of the molecule is CNC(=O)CCC(NC(=O)c1cnc2n1[C@](C)(Cc1ccc(C#N)cc1)C(=O)N2c1cc(Cl)cc(Cl)c1)C(=O)N1CCCC(C(N)=O)C1. The van der Waals surface area contributed by atoms with Gasteiger partial charge in [0.15, 0.2) is 0 Å². The van der Waals surface area contributed by atoms with E-state index in [9.17, 15) is 29.2 Å². The summed E-state index contributed by atoms with van der Waals surface area (Å²) in [7, 11) is 1.47. The smallest absolute Gasteiger partial charge is 0.270 e. The highest BCUT2D eigenvalue weighted by Crippen LogP contribution is 2.43. The molecule has 0 spiro atoms. The highest BCUT2D eigenvalue weighted by molar-refractivity contribution is 6.35. The van der Waals surface area contributed by atoms with E-state index in [1.165, 1.54) is 33.7 Å². The van der Waals surface area contributed by atoms with E-state index in [4.69, 9.17) is 28.9 Å². The zero-order valence-electron chi connectivity index (χ0n) is 26.3. The number of anilines is 2. The molecule has 250 valence electrons. The van der Waals surface area contributed by atoms with Crippen molar-refractivity contribution >= 4 is 64.4 Å². The lowest BCUT2D eigenvalue weighted by Gasteiger charge is -2.34. The standard InChI is InChI=1S/C33H34Cl2N8O5/c1-33(15-19-5-7-20(16-36)8-6-19)31(48)42(24-13-22(34)12-23(35)14-24)32-39-17-26(43(32)33)29(46)40-25(9-10-27(44)38-2)30(47)41-11-3-4-21(18-41)28(37)45/h5-8,12-14,17,21,25H,3-4,9-11,15,18H2,1-2H3,(H2,37,45)(H,38,44)(H,40,46)/t21?,25?,33-/m1/s1. The van der Waals surface area contributed by atoms with E-state index in [0.717, 1.165) is 5.56 Å². The van der Waals surface area contributed by atoms with Crippen LogP contribution in [0.15, 0.2) is 48.7 Å². The van der Waals surface area contributed by atoms with Gasteiger partial charge >= 0.3 is 0 Å². The van der Waals surface area contributed by atoms with Gasteiger partial charge in [-0.25, -0.2) is 9.88 Å². The summed E-state index contributed by atoms with van der Waals surface area (Å²) in [4.78, 5) is 73.6. The number of halogens is 2. The second-order valence-corrected chi connectivity index (χ2v) is 12.9. The van der Waals surface area contributed by atoms with Gasteiger partial charge in [0.2, 0.25) is 23.7 Å². The van der Waals surface area contributed by atoms with E-state index < -0.39 is 41.1 Å². The molecule has 0 radical (unpaired) electrons. The summed E-state index contributed by atoms with van der Waals surface area (Å²) in [6.45, 7) is 2.15. The summed E-state index contributed by atoms with van der Waals surface area (Å²) in [5, 5.41) is 15.1. The molecule has 13 nitrogen and oxygen atoms in total. The predicted molar refractivity (Wildman–Crippen MR) is 177 cm³/mol. The highest BCUT2D eigenvalue weighted by Gasteiger charge is 2.51. The molecule has 5 amide bonds. The summed E-state index contributed by atoms with van der Waals surface area (Å²) in [5.74, 6) is -2.78. The Morgan fingerprint density at radius 2 is 1.83 bits per heavy atom. The molecule has 1 saturated heterocycles. The molecule has 0 saturated carbocycles. The van der Waals surface area contributed by atoms with Crippen molar-refractivity contribution in [1.82, 2.24) is 25.1 Å². The molecule has 15 heteroatoms. The first-order valence-electron chi connectivity index (χ1n) is 15.3. The quantitative estimate of drug-likeness (QED) is 0.292. The number of nitrogens with zero attached hydrogens (tertiary/aromatic N) is 5. The van der Waals surface area contributed by atoms with Crippen molar-refractivity contribution in [3.63, 3.8) is 0 Å². The molecule has 2 aliphatic rings. The van der Waals surface area contributed by atoms with E-state index >= 15 is 0 Å². The van der Waals surface area contributed by atoms with Crippen LogP contribution < -0.4 is 21.3 Å². The van der Waals surface area contributed by atoms with Crippen LogP contribution in [-0.4, -0.2) is 70.2 Å². The Kier molecular flexibility index (Phi) is 10.1. The van der Waals surface area contributed by atoms with Gasteiger partial charge in [-0.1, -0.05) is 35.3 Å². The van der Waals surface area contributed by atoms with Crippen molar-refractivity contribution in [2.24, 2.45) is 11.7 Å². The fourth-order valence-corrected chi connectivity index (χ4v) is 6.76. The number of nitrogens with two attached hydrogens (primary N) is 1. The van der Waals surface area contributed by atoms with Crippen LogP contribution >= 0.6 is 23.2 Å². The maximum atomic E-state index is 14.4. The Bertz CT molecular complexity index is 1800. The van der Waals surface area contributed by atoms with Gasteiger partial charge in [-0.05, 0) is 62.1 Å². The third-order valence-corrected chi connectivity index (χ3v) is 9.18. The molecular formula is C33H34Cl2N8O5. The van der Waals surface area contributed by atoms with Gasteiger partial charge in [-0.3, -0.25) is 28.5 Å². The molecule has 2 aromatic carbocycles. The fourth-order valence-electron chi connectivity index (χ4n) is 6.24. The number of hydrogen-bond acceptors (Lipinski definition) is 7. The van der Waals surface area contributed by atoms with Gasteiger partial charge in [0.05, 0.1) is 29.4 Å². The number of aromatic nitrogens is 2. The number of nitrogens with one attached hydrogen (secondary N) is 2. The molecule has 0 aliphatic carbocycles. The van der Waals surface area contributed by atoms with Crippen LogP contribution in [0.5, 0.6) is 0 Å². The minimum atomic E-state index is -1.40. The van der Waals surface area contributed by atoms with Gasteiger partial charge in [0.25, 0.3) is 11.8 Å². The number of benzene rings is 2. The summed E-state index contributed by atoms with van der Waals surface area (Å²) in [6, 6.07) is 12.3. The summed E-state index contributed by atoms with van der Waals surface area (Å²) in [5.41, 5.74) is 5.63. The van der Waals surface area contributed by atoms with Gasteiger partial charge < -0.3 is 21.3 Å². The van der Waals surface area contributed by atoms with Crippen molar-refractivity contribution in [3.05, 3.63) is 75.5 Å². The van der Waals surface area contributed by atoms with E-state index in [2.05, 4.69) is 21.7 Å². The molecule has 4 N–H and O–H groups in total. The largest absolute Gasteiger partial charge is 0.369 e. The lowest BCUT2D eigenvalue weighted by molar-refractivity contribution is -0.137. The lowest BCUT2D eigenvalue weighted by Crippen LogP contribution is -2.53. The van der Waals surface area contributed by atoms with E-state index in [0.29, 0.717) is 30.6 Å². The molecule has 3 heterocycles. The van der Waals surface area contributed by atoms with Gasteiger partial charge in [-0.2, -0.15) is 5.26 Å². The number of imidazole rings is 1. The van der Waals surface area contributed by atoms with Crippen LogP contribution in [0.2, 0.25) is 10.0 Å². The van der Waals surface area contributed by atoms with Crippen molar-refractivity contribution in [3.8, 4) is 6.07 Å². The maximum Gasteiger partial charge on any atom is 0.270 e. The Morgan fingerprint density at radius 3 is 2.46 bits per heavy atom. The van der Waals surface area contributed by atoms with E-state index in [-0.39, 0.29) is 53.4 Å². The molecule has 3 atom stereocenters. The normalized spacial score (nSPS) is 19.3. The Balaban J connectivity index is 1.53. The number of amides is 5. The number of hydrogen-bond donors (Lipinski definition) is 3. The molecule has 1 fully saturated rings. The minimum absolute atomic E-state index is 0.00322. The summed E-state index contributed by atoms with van der Waals surface area (Å²) >= 11 is 12.6. The Morgan fingerprint density at radius 1 is 1.15 bits per heavy atom. The van der Waals surface area contributed by atoms with E-state index in [1.54, 1.807) is 43.3 Å². The third kappa shape index (κ3) is 6.86. The molecule has 48 heavy (non-hydrogen) atoms. The number of nitriles is 1. The molecule has 0 bridgehead atoms. The fraction of sp³-hybridized carbons (Fsp3) is 0.364. The predicted octanol–water partition coefficient (Wildman–Crippen LogP) is 3.05. The van der Waals surface area contributed by atoms with Crippen LogP contribution in [0.25, 0.3) is 0 Å². The van der Waals surface area contributed by atoms with Crippen LogP contribution in [0.1, 0.15) is 54.2 Å². The molecular weight excluding hydrogens is 659 g/mol. The lowest BCUT2D eigenvalue weighted by atomic mass is 9.91. The van der Waals surface area contributed by atoms with Crippen LogP contribution in [0.3, 0.4) is 0 Å². The second-order valence-electron chi connectivity index (χ2n) is 12.1. The van der Waals surface area contributed by atoms with Crippen molar-refractivity contribution in [1.29, 1.82) is 5.26 Å². The second kappa shape index (κ2) is 14.0. The topological polar surface area (TPSA) is 184 Å². The number of primary amides is 1. The molecule has 2 aliphatic heterocycles. The average molecular weight is 694 g/mol. The number of rotatable bonds is 10. The zero-order chi connectivity index (χ0) is 34.7. The van der Waals surface area contributed by atoms with Gasteiger partial charge in [-0.15, -0.1) is 0 Å². The minimum Gasteiger partial charge on any atom is -0.369 e. The number of carbonyl (C=O) groups is 5. The first kappa shape index (κ1) is 34.4. The first-order chi connectivity index (χ1) is 22.9. The molecule has 3 aromatic rings.